The molecule has 1 aromatic carbocycles. The lowest BCUT2D eigenvalue weighted by Crippen LogP contribution is -2.40. The maximum Gasteiger partial charge on any atom is 0.408 e. The van der Waals surface area contributed by atoms with Gasteiger partial charge in [-0.1, -0.05) is 62.1 Å². The fourth-order valence-corrected chi connectivity index (χ4v) is 4.01. The van der Waals surface area contributed by atoms with E-state index in [0.717, 1.165) is 5.56 Å². The minimum atomic E-state index is -1.50. The summed E-state index contributed by atoms with van der Waals surface area (Å²) in [5, 5.41) is 4.28. The minimum absolute atomic E-state index is 0.134. The molecular weight excluding hydrogens is 302 g/mol. The molecule has 0 aromatic heterocycles. The molecule has 0 aliphatic rings. The van der Waals surface area contributed by atoms with E-state index in [4.69, 9.17) is 4.74 Å². The van der Waals surface area contributed by atoms with Crippen LogP contribution in [0.1, 0.15) is 39.3 Å². The third kappa shape index (κ3) is 6.22. The average Bonchev–Trinajstić information content (AvgIpc) is 2.41. The van der Waals surface area contributed by atoms with E-state index in [0.29, 0.717) is 0 Å². The maximum absolute atomic E-state index is 12.3. The molecule has 0 aliphatic carbocycles. The summed E-state index contributed by atoms with van der Waals surface area (Å²) in [6.45, 7) is 18.9. The molecule has 1 N–H and O–H groups in total. The minimum Gasteiger partial charge on any atom is -0.444 e. The van der Waals surface area contributed by atoms with Gasteiger partial charge in [-0.05, 0) is 32.3 Å². The summed E-state index contributed by atoms with van der Waals surface area (Å²) >= 11 is 0. The van der Waals surface area contributed by atoms with Gasteiger partial charge in [0.1, 0.15) is 5.60 Å². The van der Waals surface area contributed by atoms with Crippen molar-refractivity contribution in [2.45, 2.75) is 59.0 Å². The molecule has 1 amide bonds. The molecule has 0 saturated heterocycles. The van der Waals surface area contributed by atoms with Crippen molar-refractivity contribution in [1.29, 1.82) is 0 Å². The van der Waals surface area contributed by atoms with Crippen LogP contribution in [-0.2, 0) is 4.74 Å². The zero-order valence-corrected chi connectivity index (χ0v) is 16.6. The largest absolute Gasteiger partial charge is 0.444 e. The van der Waals surface area contributed by atoms with Crippen molar-refractivity contribution >= 4 is 14.2 Å². The average molecular weight is 334 g/mol. The van der Waals surface area contributed by atoms with E-state index >= 15 is 0 Å². The molecule has 0 spiro atoms. The Kier molecular flexibility index (Phi) is 6.23. The Labute approximate surface area is 142 Å². The summed E-state index contributed by atoms with van der Waals surface area (Å²) in [7, 11) is -1.50. The van der Waals surface area contributed by atoms with E-state index in [9.17, 15) is 4.79 Å². The van der Waals surface area contributed by atoms with Gasteiger partial charge >= 0.3 is 6.09 Å². The smallest absolute Gasteiger partial charge is 0.408 e. The van der Waals surface area contributed by atoms with E-state index < -0.39 is 13.7 Å². The Morgan fingerprint density at radius 3 is 2.13 bits per heavy atom. The second-order valence-electron chi connectivity index (χ2n) is 8.10. The number of benzene rings is 1. The molecule has 3 nitrogen and oxygen atoms in total. The van der Waals surface area contributed by atoms with Crippen molar-refractivity contribution in [3.8, 4) is 0 Å². The van der Waals surface area contributed by atoms with Crippen molar-refractivity contribution in [1.82, 2.24) is 5.32 Å². The number of amides is 1. The fourth-order valence-electron chi connectivity index (χ4n) is 2.48. The van der Waals surface area contributed by atoms with E-state index in [-0.39, 0.29) is 18.1 Å². The predicted molar refractivity (Wildman–Crippen MR) is 100 cm³/mol. The predicted octanol–water partition coefficient (Wildman–Crippen LogP) is 5.32. The van der Waals surface area contributed by atoms with Crippen LogP contribution in [0.2, 0.25) is 19.6 Å². The molecule has 0 heterocycles. The van der Waals surface area contributed by atoms with E-state index in [1.165, 1.54) is 5.20 Å². The van der Waals surface area contributed by atoms with Gasteiger partial charge in [-0.25, -0.2) is 4.79 Å². The Hall–Kier alpha value is -1.55. The van der Waals surface area contributed by atoms with Crippen LogP contribution < -0.4 is 5.32 Å². The number of nitrogens with one attached hydrogen (secondary N) is 1. The number of carbonyl (C=O) groups is 1. The van der Waals surface area contributed by atoms with Gasteiger partial charge in [0.05, 0.1) is 14.1 Å². The van der Waals surface area contributed by atoms with Gasteiger partial charge in [-0.3, -0.25) is 0 Å². The summed E-state index contributed by atoms with van der Waals surface area (Å²) < 4.78 is 5.44. The van der Waals surface area contributed by atoms with E-state index in [1.807, 2.05) is 51.1 Å². The van der Waals surface area contributed by atoms with Crippen molar-refractivity contribution in [2.24, 2.45) is 5.92 Å². The third-order valence-corrected chi connectivity index (χ3v) is 6.23. The standard InChI is InChI=1S/C19H31NO2Si/c1-14(15(2)23(6,7)8)17(16-12-10-9-11-13-16)20-18(21)22-19(3,4)5/h9-14,17H,2H2,1,3-8H3,(H,20,21)/t14-,17-/m0/s1. The second kappa shape index (κ2) is 7.34. The molecule has 0 saturated carbocycles. The van der Waals surface area contributed by atoms with Crippen molar-refractivity contribution < 1.29 is 9.53 Å². The van der Waals surface area contributed by atoms with E-state index in [2.05, 4.69) is 38.5 Å². The van der Waals surface area contributed by atoms with Crippen molar-refractivity contribution in [2.75, 3.05) is 0 Å². The number of hydrogen-bond donors (Lipinski definition) is 1. The SMILES string of the molecule is C=C([C@H](C)[C@H](NC(=O)OC(C)(C)C)c1ccccc1)[Si](C)(C)C. The summed E-state index contributed by atoms with van der Waals surface area (Å²) in [5.41, 5.74) is 0.565. The highest BCUT2D eigenvalue weighted by molar-refractivity contribution is 6.83. The maximum atomic E-state index is 12.3. The van der Waals surface area contributed by atoms with Crippen LogP contribution in [0.15, 0.2) is 42.1 Å². The number of hydrogen-bond acceptors (Lipinski definition) is 2. The summed E-state index contributed by atoms with van der Waals surface area (Å²) in [4.78, 5) is 12.3. The zero-order valence-electron chi connectivity index (χ0n) is 15.6. The second-order valence-corrected chi connectivity index (χ2v) is 13.2. The number of alkyl carbamates (subject to hydrolysis) is 1. The van der Waals surface area contributed by atoms with Gasteiger partial charge < -0.3 is 10.1 Å². The summed E-state index contributed by atoms with van der Waals surface area (Å²) in [6, 6.07) is 9.90. The van der Waals surface area contributed by atoms with Crippen LogP contribution in [0, 0.1) is 5.92 Å². The Bertz CT molecular complexity index is 541. The number of carbonyl (C=O) groups excluding carboxylic acids is 1. The molecule has 0 radical (unpaired) electrons. The highest BCUT2D eigenvalue weighted by Gasteiger charge is 2.31. The molecule has 0 aliphatic heterocycles. The zero-order chi connectivity index (χ0) is 17.8. The van der Waals surface area contributed by atoms with Crippen molar-refractivity contribution in [3.05, 3.63) is 47.7 Å². The quantitative estimate of drug-likeness (QED) is 0.740. The van der Waals surface area contributed by atoms with Gasteiger partial charge in [0.25, 0.3) is 0 Å². The molecule has 4 heteroatoms. The lowest BCUT2D eigenvalue weighted by atomic mass is 9.94. The van der Waals surface area contributed by atoms with Crippen LogP contribution in [0.4, 0.5) is 4.79 Å². The fraction of sp³-hybridized carbons (Fsp3) is 0.526. The molecule has 0 fully saturated rings. The van der Waals surface area contributed by atoms with Crippen molar-refractivity contribution in [3.63, 3.8) is 0 Å². The summed E-state index contributed by atoms with van der Waals surface area (Å²) in [6.07, 6.45) is -0.387. The highest BCUT2D eigenvalue weighted by Crippen LogP contribution is 2.32. The molecule has 0 bridgehead atoms. The number of ether oxygens (including phenoxy) is 1. The molecule has 1 aromatic rings. The topological polar surface area (TPSA) is 38.3 Å². The van der Waals surface area contributed by atoms with Gasteiger partial charge in [-0.2, -0.15) is 0 Å². The number of rotatable bonds is 5. The first-order valence-electron chi connectivity index (χ1n) is 8.15. The molecule has 0 unspecified atom stereocenters. The lowest BCUT2D eigenvalue weighted by Gasteiger charge is -2.33. The van der Waals surface area contributed by atoms with Gasteiger partial charge in [0.15, 0.2) is 0 Å². The van der Waals surface area contributed by atoms with Crippen LogP contribution >= 0.6 is 0 Å². The van der Waals surface area contributed by atoms with E-state index in [1.54, 1.807) is 0 Å². The Balaban J connectivity index is 3.04. The van der Waals surface area contributed by atoms with Gasteiger partial charge in [0.2, 0.25) is 0 Å². The Morgan fingerprint density at radius 1 is 1.17 bits per heavy atom. The molecule has 1 rings (SSSR count). The van der Waals surface area contributed by atoms with Gasteiger partial charge in [-0.15, -0.1) is 6.58 Å². The first-order valence-corrected chi connectivity index (χ1v) is 11.7. The van der Waals surface area contributed by atoms with Crippen LogP contribution in [-0.4, -0.2) is 19.8 Å². The Morgan fingerprint density at radius 2 is 1.70 bits per heavy atom. The van der Waals surface area contributed by atoms with Crippen LogP contribution in [0.25, 0.3) is 0 Å². The monoisotopic (exact) mass is 333 g/mol. The van der Waals surface area contributed by atoms with Crippen LogP contribution in [0.5, 0.6) is 0 Å². The van der Waals surface area contributed by atoms with Gasteiger partial charge in [0, 0.05) is 0 Å². The van der Waals surface area contributed by atoms with Crippen LogP contribution in [0.3, 0.4) is 0 Å². The third-order valence-electron chi connectivity index (χ3n) is 3.84. The lowest BCUT2D eigenvalue weighted by molar-refractivity contribution is 0.0492. The first kappa shape index (κ1) is 19.5. The molecule has 128 valence electrons. The molecule has 2 atom stereocenters. The highest BCUT2D eigenvalue weighted by atomic mass is 28.3. The summed E-state index contributed by atoms with van der Waals surface area (Å²) in [5.74, 6) is 0.150. The molecule has 23 heavy (non-hydrogen) atoms. The molecular formula is C19H31NO2Si. The normalized spacial score (nSPS) is 14.7. The first-order chi connectivity index (χ1) is 10.4.